The topological polar surface area (TPSA) is 68.0 Å². The van der Waals surface area contributed by atoms with Crippen molar-refractivity contribution in [3.05, 3.63) is 171 Å². The van der Waals surface area contributed by atoms with Gasteiger partial charge < -0.3 is 0 Å². The van der Waals surface area contributed by atoms with Crippen molar-refractivity contribution in [3.8, 4) is 0 Å². The number of hydrogen-bond donors (Lipinski definition) is 0. The van der Waals surface area contributed by atoms with Crippen LogP contribution in [0.5, 0.6) is 0 Å². The van der Waals surface area contributed by atoms with Crippen LogP contribution in [-0.2, 0) is 16.4 Å². The number of Topliss-reactive ketones (excluding diaryl/α,β-unsaturated/α-hetero) is 1. The van der Waals surface area contributed by atoms with Crippen molar-refractivity contribution in [1.29, 1.82) is 0 Å². The molecule has 6 rings (SSSR count). The summed E-state index contributed by atoms with van der Waals surface area (Å²) in [5.74, 6) is -71.7. The van der Waals surface area contributed by atoms with Gasteiger partial charge in [0.15, 0.2) is 92.0 Å². The van der Waals surface area contributed by atoms with Gasteiger partial charge in [0, 0.05) is 11.8 Å². The third-order valence-corrected chi connectivity index (χ3v) is 10.5. The summed E-state index contributed by atoms with van der Waals surface area (Å²) >= 11 is 0. The van der Waals surface area contributed by atoms with Gasteiger partial charge in [-0.25, -0.2) is 96.2 Å². The molecule has 1 heterocycles. The van der Waals surface area contributed by atoms with Gasteiger partial charge in [-0.2, -0.15) is 4.57 Å². The molecule has 0 amide bonds. The molecule has 0 saturated carbocycles. The lowest BCUT2D eigenvalue weighted by Gasteiger charge is -2.44. The molecule has 1 aromatic heterocycles. The number of rotatable bonds is 8. The number of halogens is 20. The number of benzene rings is 5. The first-order valence-electron chi connectivity index (χ1n) is 16.5. The largest absolute Gasteiger partial charge is 0.287 e. The fourth-order valence-electron chi connectivity index (χ4n) is 6.60. The first-order chi connectivity index (χ1) is 29.7. The fraction of sp³-hybridized carbons (Fsp3) is 0.0541. The molecule has 0 unspecified atom stereocenters. The highest BCUT2D eigenvalue weighted by Crippen LogP contribution is 2.31. The maximum Gasteiger partial charge on any atom is 0.228 e. The molecule has 0 aliphatic heterocycles. The van der Waals surface area contributed by atoms with Crippen LogP contribution in [0.3, 0.4) is 0 Å². The molecule has 0 bridgehead atoms. The Kier molecular flexibility index (Phi) is 13.3. The van der Waals surface area contributed by atoms with E-state index in [1.165, 1.54) is 12.1 Å². The minimum absolute atomic E-state index is 0.0645. The molecule has 0 aliphatic rings. The van der Waals surface area contributed by atoms with Crippen molar-refractivity contribution in [1.82, 2.24) is 4.98 Å². The van der Waals surface area contributed by atoms with E-state index in [9.17, 15) is 65.9 Å². The molecule has 0 N–H and O–H groups in total. The van der Waals surface area contributed by atoms with E-state index < -0.39 is 154 Å². The molecule has 6 aromatic rings. The zero-order valence-electron chi connectivity index (χ0n) is 30.5. The second-order valence-electron chi connectivity index (χ2n) is 12.9. The highest BCUT2D eigenvalue weighted by atomic mass is 32.2. The number of aromatic nitrogens is 2. The second kappa shape index (κ2) is 17.6. The zero-order valence-corrected chi connectivity index (χ0v) is 31.3. The van der Waals surface area contributed by atoms with E-state index in [0.29, 0.717) is 0 Å². The van der Waals surface area contributed by atoms with E-state index in [4.69, 9.17) is 0 Å². The highest BCUT2D eigenvalue weighted by Gasteiger charge is 2.52. The van der Waals surface area contributed by atoms with Gasteiger partial charge in [0.25, 0.3) is 0 Å². The summed E-state index contributed by atoms with van der Waals surface area (Å²) in [6.45, 7) is 0.0784. The summed E-state index contributed by atoms with van der Waals surface area (Å²) in [5.41, 5.74) is -14.1. The lowest BCUT2D eigenvalue weighted by atomic mass is 9.12. The molecule has 5 nitrogen and oxygen atoms in total. The predicted octanol–water partition coefficient (Wildman–Crippen LogP) is 6.50. The van der Waals surface area contributed by atoms with E-state index in [0.717, 1.165) is 6.26 Å². The van der Waals surface area contributed by atoms with Crippen LogP contribution < -0.4 is 26.4 Å². The van der Waals surface area contributed by atoms with Crippen molar-refractivity contribution in [3.63, 3.8) is 0 Å². The molecule has 0 aliphatic carbocycles. The van der Waals surface area contributed by atoms with Crippen molar-refractivity contribution < 1.29 is 106 Å². The monoisotopic (exact) mass is 956 g/mol. The van der Waals surface area contributed by atoms with Crippen LogP contribution in [0.4, 0.5) is 87.8 Å². The van der Waals surface area contributed by atoms with Gasteiger partial charge in [0.1, 0.15) is 52.7 Å². The smallest absolute Gasteiger partial charge is 0.228 e. The van der Waals surface area contributed by atoms with E-state index in [1.54, 1.807) is 41.5 Å². The quantitative estimate of drug-likeness (QED) is 0.0437. The summed E-state index contributed by atoms with van der Waals surface area (Å²) in [6, 6.07) is 6.23. The van der Waals surface area contributed by atoms with Gasteiger partial charge >= 0.3 is 0 Å². The lowest BCUT2D eigenvalue weighted by molar-refractivity contribution is -0.683. The predicted molar refractivity (Wildman–Crippen MR) is 178 cm³/mol. The summed E-state index contributed by atoms with van der Waals surface area (Å²) in [7, 11) is -3.41. The summed E-state index contributed by atoms with van der Waals surface area (Å²) in [6.07, 6.45) is 0.317. The Morgan fingerprint density at radius 1 is 0.453 bits per heavy atom. The van der Waals surface area contributed by atoms with Crippen LogP contribution in [0, 0.1) is 116 Å². The highest BCUT2D eigenvalue weighted by molar-refractivity contribution is 7.90. The molecular formula is C37H13BF20N2O3S. The molecule has 0 saturated heterocycles. The van der Waals surface area contributed by atoms with Crippen LogP contribution in [0.15, 0.2) is 53.9 Å². The van der Waals surface area contributed by atoms with Crippen LogP contribution in [0.1, 0.15) is 10.4 Å². The van der Waals surface area contributed by atoms with Crippen LogP contribution in [-0.4, -0.2) is 31.6 Å². The van der Waals surface area contributed by atoms with Crippen molar-refractivity contribution in [2.45, 2.75) is 11.4 Å². The van der Waals surface area contributed by atoms with Crippen LogP contribution >= 0.6 is 0 Å². The normalized spacial score (nSPS) is 11.8. The molecule has 0 atom stereocenters. The molecule has 64 heavy (non-hydrogen) atoms. The summed E-state index contributed by atoms with van der Waals surface area (Å²) in [4.78, 5) is 16.1. The Hall–Kier alpha value is -6.54. The van der Waals surface area contributed by atoms with E-state index in [1.807, 2.05) is 0 Å². The average Bonchev–Trinajstić information content (AvgIpc) is 3.26. The molecule has 5 aromatic carbocycles. The number of sulfone groups is 1. The molecule has 0 spiro atoms. The SMILES string of the molecule is CS(=O)(=O)c1ccccc1C(=O)C[n+]1ccncc1.Fc1c(F)c(F)c([B-](c2c(F)c(F)c(F)c(F)c2F)(c2c(F)c(F)c(F)c(F)c2F)c2c(F)c(F)c(F)c(F)c2F)c(F)c1F. The van der Waals surface area contributed by atoms with Crippen molar-refractivity contribution in [2.24, 2.45) is 0 Å². The Balaban J connectivity index is 0.000000337. The molecule has 0 radical (unpaired) electrons. The Morgan fingerprint density at radius 2 is 0.703 bits per heavy atom. The van der Waals surface area contributed by atoms with Crippen LogP contribution in [0.2, 0.25) is 0 Å². The average molecular weight is 956 g/mol. The number of ketones is 1. The second-order valence-corrected chi connectivity index (χ2v) is 14.9. The van der Waals surface area contributed by atoms with E-state index >= 15 is 35.1 Å². The Bertz CT molecular complexity index is 2650. The lowest BCUT2D eigenvalue weighted by Crippen LogP contribution is -2.81. The molecular weight excluding hydrogens is 943 g/mol. The third kappa shape index (κ3) is 7.67. The van der Waals surface area contributed by atoms with Crippen LogP contribution in [0.25, 0.3) is 0 Å². The summed E-state index contributed by atoms with van der Waals surface area (Å²) in [5, 5.41) is 0. The minimum Gasteiger partial charge on any atom is -0.287 e. The molecule has 338 valence electrons. The van der Waals surface area contributed by atoms with E-state index in [-0.39, 0.29) is 22.8 Å². The van der Waals surface area contributed by atoms with Gasteiger partial charge in [-0.3, -0.25) is 9.78 Å². The number of carbonyl (C=O) groups is 1. The first kappa shape index (κ1) is 48.5. The number of carbonyl (C=O) groups excluding carboxylic acids is 1. The van der Waals surface area contributed by atoms with Gasteiger partial charge in [-0.05, 0) is 12.1 Å². The van der Waals surface area contributed by atoms with Gasteiger partial charge in [-0.15, -0.1) is 21.9 Å². The molecule has 0 fully saturated rings. The Labute approximate surface area is 342 Å². The third-order valence-electron chi connectivity index (χ3n) is 9.31. The van der Waals surface area contributed by atoms with Crippen molar-refractivity contribution >= 4 is 43.6 Å². The van der Waals surface area contributed by atoms with Gasteiger partial charge in [0.2, 0.25) is 12.3 Å². The fourth-order valence-corrected chi connectivity index (χ4v) is 7.51. The first-order valence-corrected chi connectivity index (χ1v) is 18.4. The Morgan fingerprint density at radius 3 is 0.969 bits per heavy atom. The number of nitrogens with zero attached hydrogens (tertiary/aromatic N) is 2. The minimum atomic E-state index is -7.22. The summed E-state index contributed by atoms with van der Waals surface area (Å²) < 4.78 is 319. The zero-order chi connectivity index (χ0) is 48.2. The maximum absolute atomic E-state index is 15.4. The standard InChI is InChI=1S/C24BF20.C13H13N2O3S/c26-5-1(6(27)14(35)21(42)13(5)34)25(2-7(28)15(36)22(43)16(37)8(2)29,3-9(30)17(38)23(44)18(39)10(3)31)4-11(32)19(40)24(45)20(41)12(4)33;1-19(17,18)13-5-3-2-4-11(13)12(16)10-15-8-6-14-7-9-15/h;2-9H,10H2,1H3/q-1;+1. The maximum atomic E-state index is 15.4. The molecule has 27 heteroatoms. The van der Waals surface area contributed by atoms with Gasteiger partial charge in [-0.1, -0.05) is 12.1 Å². The van der Waals surface area contributed by atoms with Gasteiger partial charge in [0.05, 0.1) is 17.3 Å². The number of hydrogen-bond acceptors (Lipinski definition) is 4. The van der Waals surface area contributed by atoms with E-state index in [2.05, 4.69) is 4.98 Å². The van der Waals surface area contributed by atoms with Crippen molar-refractivity contribution in [2.75, 3.05) is 6.26 Å².